The number of hydrogen-bond acceptors (Lipinski definition) is 2. The van der Waals surface area contributed by atoms with E-state index in [0.29, 0.717) is 12.3 Å². The Kier molecular flexibility index (Phi) is 2.27. The number of amides is 1. The van der Waals surface area contributed by atoms with Gasteiger partial charge >= 0.3 is 0 Å². The number of hydrogen-bond donors (Lipinski definition) is 2. The highest BCUT2D eigenvalue weighted by Crippen LogP contribution is 2.32. The normalized spacial score (nSPS) is 20.2. The van der Waals surface area contributed by atoms with Crippen molar-refractivity contribution in [2.45, 2.75) is 25.3 Å². The van der Waals surface area contributed by atoms with Gasteiger partial charge in [0.1, 0.15) is 0 Å². The topological polar surface area (TPSA) is 55.1 Å². The minimum absolute atomic E-state index is 0.0550. The second-order valence-corrected chi connectivity index (χ2v) is 2.88. The molecule has 0 aromatic carbocycles. The van der Waals surface area contributed by atoms with E-state index in [1.54, 1.807) is 7.05 Å². The first kappa shape index (κ1) is 7.54. The zero-order valence-electron chi connectivity index (χ0n) is 6.26. The van der Waals surface area contributed by atoms with E-state index in [4.69, 9.17) is 5.73 Å². The van der Waals surface area contributed by atoms with Crippen LogP contribution in [-0.2, 0) is 4.79 Å². The number of nitrogens with one attached hydrogen (secondary N) is 1. The van der Waals surface area contributed by atoms with Gasteiger partial charge in [0, 0.05) is 19.5 Å². The summed E-state index contributed by atoms with van der Waals surface area (Å²) in [5, 5.41) is 2.56. The van der Waals surface area contributed by atoms with E-state index in [9.17, 15) is 4.79 Å². The first-order valence-electron chi connectivity index (χ1n) is 3.70. The van der Waals surface area contributed by atoms with Gasteiger partial charge in [-0.3, -0.25) is 4.79 Å². The summed E-state index contributed by atoms with van der Waals surface area (Å²) in [5.74, 6) is 0.677. The molecule has 0 bridgehead atoms. The van der Waals surface area contributed by atoms with Gasteiger partial charge in [-0.15, -0.1) is 0 Å². The Morgan fingerprint density at radius 1 is 1.80 bits per heavy atom. The van der Waals surface area contributed by atoms with Gasteiger partial charge in [-0.2, -0.15) is 0 Å². The summed E-state index contributed by atoms with van der Waals surface area (Å²) in [6.45, 7) is 0. The summed E-state index contributed by atoms with van der Waals surface area (Å²) in [6.07, 6.45) is 2.90. The molecule has 0 aliphatic heterocycles. The monoisotopic (exact) mass is 142 g/mol. The first-order chi connectivity index (χ1) is 4.74. The van der Waals surface area contributed by atoms with Gasteiger partial charge in [-0.25, -0.2) is 0 Å². The summed E-state index contributed by atoms with van der Waals surface area (Å²) >= 11 is 0. The highest BCUT2D eigenvalue weighted by atomic mass is 16.1. The van der Waals surface area contributed by atoms with Crippen LogP contribution < -0.4 is 11.1 Å². The lowest BCUT2D eigenvalue weighted by atomic mass is 10.1. The van der Waals surface area contributed by atoms with E-state index in [1.165, 1.54) is 12.8 Å². The second kappa shape index (κ2) is 3.01. The van der Waals surface area contributed by atoms with Crippen LogP contribution in [0.4, 0.5) is 0 Å². The number of carbonyl (C=O) groups excluding carboxylic acids is 1. The van der Waals surface area contributed by atoms with E-state index < -0.39 is 0 Å². The molecular weight excluding hydrogens is 128 g/mol. The summed E-state index contributed by atoms with van der Waals surface area (Å²) < 4.78 is 0. The van der Waals surface area contributed by atoms with E-state index in [1.807, 2.05) is 0 Å². The van der Waals surface area contributed by atoms with Crippen molar-refractivity contribution in [1.29, 1.82) is 0 Å². The van der Waals surface area contributed by atoms with Crippen LogP contribution in [0.5, 0.6) is 0 Å². The van der Waals surface area contributed by atoms with E-state index in [0.717, 1.165) is 0 Å². The van der Waals surface area contributed by atoms with Crippen LogP contribution in [0.1, 0.15) is 19.3 Å². The Bertz CT molecular complexity index is 132. The molecule has 1 aliphatic rings. The molecular formula is C7H14N2O. The van der Waals surface area contributed by atoms with Gasteiger partial charge in [-0.1, -0.05) is 0 Å². The van der Waals surface area contributed by atoms with Crippen LogP contribution >= 0.6 is 0 Å². The van der Waals surface area contributed by atoms with Gasteiger partial charge in [0.15, 0.2) is 0 Å². The molecule has 1 amide bonds. The molecule has 0 saturated heterocycles. The van der Waals surface area contributed by atoms with E-state index in [2.05, 4.69) is 5.32 Å². The predicted molar refractivity (Wildman–Crippen MR) is 39.4 cm³/mol. The third kappa shape index (κ3) is 1.99. The van der Waals surface area contributed by atoms with Gasteiger partial charge in [0.2, 0.25) is 5.91 Å². The average Bonchev–Trinajstić information content (AvgIpc) is 2.68. The molecule has 1 atom stereocenters. The van der Waals surface area contributed by atoms with E-state index >= 15 is 0 Å². The summed E-state index contributed by atoms with van der Waals surface area (Å²) in [6, 6.07) is 0.0972. The second-order valence-electron chi connectivity index (χ2n) is 2.88. The Labute approximate surface area is 61.0 Å². The van der Waals surface area contributed by atoms with Crippen LogP contribution in [0, 0.1) is 5.92 Å². The SMILES string of the molecule is CNC(=O)CC(N)C1CC1. The van der Waals surface area contributed by atoms with Crippen molar-refractivity contribution in [2.75, 3.05) is 7.05 Å². The number of nitrogens with two attached hydrogens (primary N) is 1. The van der Waals surface area contributed by atoms with Crippen molar-refractivity contribution in [1.82, 2.24) is 5.32 Å². The fourth-order valence-electron chi connectivity index (χ4n) is 1.01. The standard InChI is InChI=1S/C7H14N2O/c1-9-7(10)4-6(8)5-2-3-5/h5-6H,2-4,8H2,1H3,(H,9,10). The quantitative estimate of drug-likeness (QED) is 0.576. The molecule has 10 heavy (non-hydrogen) atoms. The molecule has 1 unspecified atom stereocenters. The lowest BCUT2D eigenvalue weighted by Gasteiger charge is -2.07. The molecule has 58 valence electrons. The third-order valence-electron chi connectivity index (χ3n) is 1.93. The Hall–Kier alpha value is -0.570. The molecule has 0 spiro atoms. The maximum Gasteiger partial charge on any atom is 0.221 e. The maximum atomic E-state index is 10.8. The van der Waals surface area contributed by atoms with Crippen molar-refractivity contribution in [3.05, 3.63) is 0 Å². The Morgan fingerprint density at radius 2 is 2.40 bits per heavy atom. The molecule has 0 radical (unpaired) electrons. The highest BCUT2D eigenvalue weighted by Gasteiger charge is 2.29. The smallest absolute Gasteiger partial charge is 0.221 e. The fourth-order valence-corrected chi connectivity index (χ4v) is 1.01. The van der Waals surface area contributed by atoms with Gasteiger partial charge in [0.25, 0.3) is 0 Å². The van der Waals surface area contributed by atoms with Gasteiger partial charge in [0.05, 0.1) is 0 Å². The van der Waals surface area contributed by atoms with E-state index in [-0.39, 0.29) is 11.9 Å². The fraction of sp³-hybridized carbons (Fsp3) is 0.857. The highest BCUT2D eigenvalue weighted by molar-refractivity contribution is 5.76. The van der Waals surface area contributed by atoms with Gasteiger partial charge in [-0.05, 0) is 18.8 Å². The largest absolute Gasteiger partial charge is 0.359 e. The van der Waals surface area contributed by atoms with Gasteiger partial charge < -0.3 is 11.1 Å². The zero-order valence-corrected chi connectivity index (χ0v) is 6.26. The van der Waals surface area contributed by atoms with Crippen molar-refractivity contribution in [3.63, 3.8) is 0 Å². The van der Waals surface area contributed by atoms with Crippen molar-refractivity contribution < 1.29 is 4.79 Å². The molecule has 0 aromatic heterocycles. The summed E-state index contributed by atoms with van der Waals surface area (Å²) in [5.41, 5.74) is 5.69. The Morgan fingerprint density at radius 3 is 2.80 bits per heavy atom. The van der Waals surface area contributed by atoms with Crippen LogP contribution in [0.15, 0.2) is 0 Å². The molecule has 3 N–H and O–H groups in total. The molecule has 0 heterocycles. The summed E-state index contributed by atoms with van der Waals surface area (Å²) in [7, 11) is 1.64. The lowest BCUT2D eigenvalue weighted by molar-refractivity contribution is -0.121. The first-order valence-corrected chi connectivity index (χ1v) is 3.70. The molecule has 1 rings (SSSR count). The zero-order chi connectivity index (χ0) is 7.56. The van der Waals surface area contributed by atoms with Crippen LogP contribution in [0.3, 0.4) is 0 Å². The Balaban J connectivity index is 2.16. The molecule has 1 saturated carbocycles. The lowest BCUT2D eigenvalue weighted by Crippen LogP contribution is -2.30. The number of rotatable bonds is 3. The van der Waals surface area contributed by atoms with Crippen molar-refractivity contribution >= 4 is 5.91 Å². The average molecular weight is 142 g/mol. The third-order valence-corrected chi connectivity index (χ3v) is 1.93. The molecule has 1 fully saturated rings. The number of carbonyl (C=O) groups is 1. The van der Waals surface area contributed by atoms with Crippen molar-refractivity contribution in [3.8, 4) is 0 Å². The molecule has 0 aromatic rings. The molecule has 3 heteroatoms. The minimum atomic E-state index is 0.0550. The predicted octanol–water partition coefficient (Wildman–Crippen LogP) is -0.140. The minimum Gasteiger partial charge on any atom is -0.359 e. The van der Waals surface area contributed by atoms with Crippen LogP contribution in [0.25, 0.3) is 0 Å². The maximum absolute atomic E-state index is 10.8. The molecule has 1 aliphatic carbocycles. The van der Waals surface area contributed by atoms with Crippen LogP contribution in [0.2, 0.25) is 0 Å². The van der Waals surface area contributed by atoms with Crippen LogP contribution in [-0.4, -0.2) is 19.0 Å². The summed E-state index contributed by atoms with van der Waals surface area (Å²) in [4.78, 5) is 10.8. The molecule has 3 nitrogen and oxygen atoms in total. The van der Waals surface area contributed by atoms with Crippen molar-refractivity contribution in [2.24, 2.45) is 11.7 Å².